The Kier molecular flexibility index (Phi) is 6.35. The number of nitrogens with zero attached hydrogens (tertiary/aromatic N) is 2. The number of halogens is 2. The second-order valence-corrected chi connectivity index (χ2v) is 9.75. The fourth-order valence-electron chi connectivity index (χ4n) is 4.25. The zero-order chi connectivity index (χ0) is 23.3. The van der Waals surface area contributed by atoms with Gasteiger partial charge < -0.3 is 29.4 Å². The molecule has 33 heavy (non-hydrogen) atoms. The molecule has 0 amide bonds. The van der Waals surface area contributed by atoms with Crippen LogP contribution in [0, 0.1) is 0 Å². The van der Waals surface area contributed by atoms with Crippen molar-refractivity contribution in [1.29, 1.82) is 0 Å². The fourth-order valence-corrected chi connectivity index (χ4v) is 5.00. The van der Waals surface area contributed by atoms with E-state index >= 15 is 0 Å². The first-order valence-corrected chi connectivity index (χ1v) is 12.4. The quantitative estimate of drug-likeness (QED) is 0.457. The van der Waals surface area contributed by atoms with Gasteiger partial charge in [0, 0.05) is 23.0 Å². The number of ether oxygens (including phenoxy) is 2. The lowest BCUT2D eigenvalue weighted by Crippen LogP contribution is -2.56. The number of rotatable bonds is 5. The monoisotopic (exact) mass is 508 g/mol. The maximum atomic E-state index is 10.5. The predicted octanol–water partition coefficient (Wildman–Crippen LogP) is 3.30. The van der Waals surface area contributed by atoms with Crippen LogP contribution < -0.4 is 0 Å². The maximum absolute atomic E-state index is 10.5. The minimum Gasteiger partial charge on any atom is -0.445 e. The topological polar surface area (TPSA) is 96.4 Å². The summed E-state index contributed by atoms with van der Waals surface area (Å²) in [5, 5.41) is 32.0. The number of thioether (sulfide) groups is 1. The highest BCUT2D eigenvalue weighted by atomic mass is 35.5. The van der Waals surface area contributed by atoms with Gasteiger partial charge in [-0.1, -0.05) is 35.3 Å². The molecule has 174 valence electrons. The zero-order valence-electron chi connectivity index (χ0n) is 17.6. The molecule has 0 aliphatic carbocycles. The van der Waals surface area contributed by atoms with Gasteiger partial charge in [-0.15, -0.1) is 11.8 Å². The van der Waals surface area contributed by atoms with Crippen LogP contribution >= 0.6 is 35.0 Å². The van der Waals surface area contributed by atoms with Crippen LogP contribution in [0.1, 0.15) is 11.1 Å². The van der Waals surface area contributed by atoms with E-state index in [2.05, 4.69) is 15.6 Å². The second kappa shape index (κ2) is 9.11. The summed E-state index contributed by atoms with van der Waals surface area (Å²) in [6.45, 7) is 0.121. The van der Waals surface area contributed by atoms with E-state index in [0.717, 1.165) is 26.9 Å². The van der Waals surface area contributed by atoms with Gasteiger partial charge >= 0.3 is 0 Å². The molecule has 1 aromatic heterocycles. The first-order chi connectivity index (χ1) is 15.9. The summed E-state index contributed by atoms with van der Waals surface area (Å²) in [4.78, 5) is 5.65. The smallest absolute Gasteiger partial charge is 0.227 e. The van der Waals surface area contributed by atoms with Gasteiger partial charge in [0.1, 0.15) is 24.4 Å². The number of aliphatic hydroxyl groups excluding tert-OH is 3. The molecule has 1 fully saturated rings. The highest BCUT2D eigenvalue weighted by Gasteiger charge is 2.49. The molecule has 5 rings (SSSR count). The van der Waals surface area contributed by atoms with Crippen LogP contribution in [0.5, 0.6) is 0 Å². The van der Waals surface area contributed by atoms with Crippen LogP contribution in [-0.2, 0) is 16.0 Å². The Bertz CT molecular complexity index is 1230. The third kappa shape index (κ3) is 4.14. The number of hydrogen-bond acceptors (Lipinski definition) is 7. The Labute approximate surface area is 204 Å². The predicted molar refractivity (Wildman–Crippen MR) is 128 cm³/mol. The molecule has 0 radical (unpaired) electrons. The summed E-state index contributed by atoms with van der Waals surface area (Å²) in [6.07, 6.45) is -0.301. The van der Waals surface area contributed by atoms with Crippen LogP contribution in [0.3, 0.4) is 0 Å². The lowest BCUT2D eigenvalue weighted by molar-refractivity contribution is -0.234. The van der Waals surface area contributed by atoms with Crippen molar-refractivity contribution in [2.45, 2.75) is 42.1 Å². The van der Waals surface area contributed by atoms with Crippen LogP contribution in [-0.4, -0.2) is 69.3 Å². The van der Waals surface area contributed by atoms with Crippen LogP contribution in [0.25, 0.3) is 10.9 Å². The summed E-state index contributed by atoms with van der Waals surface area (Å²) in [5.74, 6) is 0.324. The first kappa shape index (κ1) is 23.0. The van der Waals surface area contributed by atoms with E-state index in [0.29, 0.717) is 22.5 Å². The molecule has 2 aromatic carbocycles. The Balaban J connectivity index is 1.54. The van der Waals surface area contributed by atoms with E-state index in [1.807, 2.05) is 36.7 Å². The van der Waals surface area contributed by atoms with Crippen LogP contribution in [0.2, 0.25) is 10.0 Å². The number of fused-ring (bicyclic) bond motifs is 2. The first-order valence-electron chi connectivity index (χ1n) is 10.4. The van der Waals surface area contributed by atoms with Gasteiger partial charge in [0.05, 0.1) is 27.7 Å². The zero-order valence-corrected chi connectivity index (χ0v) is 19.9. The lowest BCUT2D eigenvalue weighted by atomic mass is 9.98. The molecular weight excluding hydrogens is 487 g/mol. The molecule has 0 saturated carbocycles. The highest BCUT2D eigenvalue weighted by Crippen LogP contribution is 2.34. The van der Waals surface area contributed by atoms with E-state index in [-0.39, 0.29) is 0 Å². The fraction of sp³-hybridized carbons (Fsp3) is 0.348. The van der Waals surface area contributed by atoms with E-state index in [4.69, 9.17) is 32.7 Å². The van der Waals surface area contributed by atoms with Gasteiger partial charge in [0.25, 0.3) is 0 Å². The van der Waals surface area contributed by atoms with Gasteiger partial charge in [-0.25, -0.2) is 4.99 Å². The van der Waals surface area contributed by atoms with E-state index < -0.39 is 37.3 Å². The molecule has 3 N–H and O–H groups in total. The van der Waals surface area contributed by atoms with Crippen molar-refractivity contribution in [3.05, 3.63) is 63.8 Å². The van der Waals surface area contributed by atoms with Crippen molar-refractivity contribution in [3.63, 3.8) is 0 Å². The minimum absolute atomic E-state index is 0.324. The SMILES string of the molecule is CSc1ccc2c(C3=N[C@@H]4C(O)[C@H](O)C(CO)O[C@@H]4O3)cn(Cc3ccc(Cl)c(Cl)c3)c2c1. The van der Waals surface area contributed by atoms with E-state index in [1.54, 1.807) is 17.8 Å². The molecule has 2 aliphatic rings. The molecule has 3 aromatic rings. The minimum atomic E-state index is -1.25. The standard InChI is InChI=1S/C23H22Cl2N2O5S/c1-33-12-3-4-13-14(22-26-19-21(30)20(29)18(10-28)31-23(19)32-22)9-27(17(13)7-12)8-11-2-5-15(24)16(25)6-11/h2-7,9,18-21,23,28-30H,8,10H2,1H3/t18?,19-,20-,21?,23-/m1/s1. The Hall–Kier alpha value is -1.78. The van der Waals surface area contributed by atoms with E-state index in [9.17, 15) is 15.3 Å². The Morgan fingerprint density at radius 2 is 1.91 bits per heavy atom. The van der Waals surface area contributed by atoms with Crippen LogP contribution in [0.15, 0.2) is 52.5 Å². The molecule has 0 bridgehead atoms. The summed E-state index contributed by atoms with van der Waals surface area (Å²) in [6, 6.07) is 10.9. The number of aliphatic hydroxyl groups is 3. The molecule has 7 nitrogen and oxygen atoms in total. The van der Waals surface area contributed by atoms with Gasteiger partial charge in [-0.3, -0.25) is 0 Å². The van der Waals surface area contributed by atoms with Crippen molar-refractivity contribution < 1.29 is 24.8 Å². The van der Waals surface area contributed by atoms with Crippen molar-refractivity contribution in [1.82, 2.24) is 4.57 Å². The molecule has 3 heterocycles. The molecular formula is C23H22Cl2N2O5S. The molecule has 1 saturated heterocycles. The third-order valence-corrected chi connectivity index (χ3v) is 7.46. The Morgan fingerprint density at radius 3 is 2.64 bits per heavy atom. The Morgan fingerprint density at radius 1 is 1.09 bits per heavy atom. The molecule has 0 spiro atoms. The molecule has 10 heteroatoms. The summed E-state index contributed by atoms with van der Waals surface area (Å²) in [5.41, 5.74) is 2.72. The largest absolute Gasteiger partial charge is 0.445 e. The number of aliphatic imine (C=N–C) groups is 1. The van der Waals surface area contributed by atoms with Gasteiger partial charge in [-0.05, 0) is 36.1 Å². The average Bonchev–Trinajstić information content (AvgIpc) is 3.40. The molecule has 5 atom stereocenters. The summed E-state index contributed by atoms with van der Waals surface area (Å²) < 4.78 is 13.7. The average molecular weight is 509 g/mol. The van der Waals surface area contributed by atoms with Gasteiger partial charge in [0.2, 0.25) is 12.2 Å². The van der Waals surface area contributed by atoms with Crippen molar-refractivity contribution >= 4 is 51.8 Å². The van der Waals surface area contributed by atoms with Gasteiger partial charge in [-0.2, -0.15) is 0 Å². The lowest BCUT2D eigenvalue weighted by Gasteiger charge is -2.36. The maximum Gasteiger partial charge on any atom is 0.227 e. The van der Waals surface area contributed by atoms with Crippen molar-refractivity contribution in [3.8, 4) is 0 Å². The second-order valence-electron chi connectivity index (χ2n) is 8.05. The normalized spacial score (nSPS) is 26.8. The van der Waals surface area contributed by atoms with Crippen molar-refractivity contribution in [2.75, 3.05) is 12.9 Å². The highest BCUT2D eigenvalue weighted by molar-refractivity contribution is 7.98. The number of aromatic nitrogens is 1. The number of benzene rings is 2. The third-order valence-electron chi connectivity index (χ3n) is 6.00. The number of hydrogen-bond donors (Lipinski definition) is 3. The van der Waals surface area contributed by atoms with Crippen LogP contribution in [0.4, 0.5) is 0 Å². The van der Waals surface area contributed by atoms with E-state index in [1.165, 1.54) is 0 Å². The molecule has 2 aliphatic heterocycles. The molecule has 2 unspecified atom stereocenters. The van der Waals surface area contributed by atoms with Crippen molar-refractivity contribution in [2.24, 2.45) is 4.99 Å². The summed E-state index contributed by atoms with van der Waals surface area (Å²) >= 11 is 13.9. The van der Waals surface area contributed by atoms with Gasteiger partial charge in [0.15, 0.2) is 0 Å². The summed E-state index contributed by atoms with van der Waals surface area (Å²) in [7, 11) is 0.